The summed E-state index contributed by atoms with van der Waals surface area (Å²) in [6, 6.07) is 0. The lowest BCUT2D eigenvalue weighted by Crippen LogP contribution is -2.14. The van der Waals surface area contributed by atoms with E-state index in [1.807, 2.05) is 0 Å². The average molecular weight is 313 g/mol. The van der Waals surface area contributed by atoms with Crippen LogP contribution in [0.15, 0.2) is 5.18 Å². The molecule has 0 saturated heterocycles. The highest BCUT2D eigenvalue weighted by Gasteiger charge is 2.11. The normalized spacial score (nSPS) is 12.1. The van der Waals surface area contributed by atoms with Gasteiger partial charge in [0, 0.05) is 6.42 Å². The van der Waals surface area contributed by atoms with Gasteiger partial charge in [0.25, 0.3) is 0 Å². The number of hydrogen-bond donors (Lipinski definition) is 0. The first-order valence-corrected chi connectivity index (χ1v) is 9.19. The monoisotopic (exact) mass is 313 g/mol. The minimum atomic E-state index is -0.0888. The van der Waals surface area contributed by atoms with Gasteiger partial charge in [-0.3, -0.25) is 4.79 Å². The Morgan fingerprint density at radius 3 is 2.27 bits per heavy atom. The van der Waals surface area contributed by atoms with E-state index in [1.165, 1.54) is 51.4 Å². The van der Waals surface area contributed by atoms with Gasteiger partial charge in [0.2, 0.25) is 0 Å². The molecule has 0 fully saturated rings. The maximum absolute atomic E-state index is 11.7. The van der Waals surface area contributed by atoms with Crippen molar-refractivity contribution in [2.24, 2.45) is 11.1 Å². The van der Waals surface area contributed by atoms with Crippen molar-refractivity contribution in [3.8, 4) is 0 Å². The molecular weight excluding hydrogens is 278 g/mol. The summed E-state index contributed by atoms with van der Waals surface area (Å²) >= 11 is 0. The van der Waals surface area contributed by atoms with Gasteiger partial charge >= 0.3 is 5.97 Å². The predicted octanol–water partition coefficient (Wildman–Crippen LogP) is 5.63. The van der Waals surface area contributed by atoms with E-state index < -0.39 is 0 Å². The van der Waals surface area contributed by atoms with Crippen LogP contribution in [0.3, 0.4) is 0 Å². The fourth-order valence-corrected chi connectivity index (χ4v) is 2.57. The van der Waals surface area contributed by atoms with Crippen LogP contribution in [0.4, 0.5) is 0 Å². The molecule has 0 aromatic carbocycles. The molecule has 0 rings (SSSR count). The Morgan fingerprint density at radius 1 is 0.909 bits per heavy atom. The predicted molar refractivity (Wildman–Crippen MR) is 91.9 cm³/mol. The molecule has 130 valence electrons. The first-order chi connectivity index (χ1) is 10.7. The molecule has 0 aliphatic rings. The van der Waals surface area contributed by atoms with Crippen molar-refractivity contribution in [2.75, 3.05) is 13.2 Å². The standard InChI is InChI=1S/C18H35NO3/c1-3-5-7-9-13-17(12-6-4-2)16-22-18(20)14-10-8-11-15-19-21/h17H,3-16H2,1-2H3. The molecule has 22 heavy (non-hydrogen) atoms. The molecule has 0 aliphatic heterocycles. The van der Waals surface area contributed by atoms with Gasteiger partial charge in [0.15, 0.2) is 0 Å². The summed E-state index contributed by atoms with van der Waals surface area (Å²) in [4.78, 5) is 21.7. The maximum Gasteiger partial charge on any atom is 0.305 e. The van der Waals surface area contributed by atoms with E-state index in [-0.39, 0.29) is 5.97 Å². The van der Waals surface area contributed by atoms with E-state index in [9.17, 15) is 9.70 Å². The molecule has 0 saturated carbocycles. The second-order valence-electron chi connectivity index (χ2n) is 6.20. The molecule has 0 spiro atoms. The third-order valence-corrected chi connectivity index (χ3v) is 4.04. The van der Waals surface area contributed by atoms with Gasteiger partial charge in [-0.25, -0.2) is 0 Å². The van der Waals surface area contributed by atoms with Gasteiger partial charge in [0.05, 0.1) is 13.2 Å². The molecule has 0 bridgehead atoms. The maximum atomic E-state index is 11.7. The van der Waals surface area contributed by atoms with Crippen LogP contribution in [0.25, 0.3) is 0 Å². The number of hydrogen-bond acceptors (Lipinski definition) is 4. The number of carbonyl (C=O) groups is 1. The summed E-state index contributed by atoms with van der Waals surface area (Å²) in [6.07, 6.45) is 12.8. The van der Waals surface area contributed by atoms with E-state index in [0.29, 0.717) is 25.5 Å². The number of ether oxygens (including phenoxy) is 1. The molecule has 1 atom stereocenters. The Balaban J connectivity index is 3.78. The van der Waals surface area contributed by atoms with Crippen LogP contribution in [-0.4, -0.2) is 19.1 Å². The largest absolute Gasteiger partial charge is 0.465 e. The number of nitroso groups, excluding NO2 is 1. The molecule has 0 radical (unpaired) electrons. The number of rotatable bonds is 16. The SMILES string of the molecule is CCCCCCC(CCCC)COC(=O)CCCCCN=O. The van der Waals surface area contributed by atoms with E-state index in [0.717, 1.165) is 19.3 Å². The molecule has 1 unspecified atom stereocenters. The highest BCUT2D eigenvalue weighted by molar-refractivity contribution is 5.69. The van der Waals surface area contributed by atoms with Crippen LogP contribution in [0.5, 0.6) is 0 Å². The van der Waals surface area contributed by atoms with Crippen LogP contribution in [0, 0.1) is 10.8 Å². The fraction of sp³-hybridized carbons (Fsp3) is 0.944. The molecule has 0 heterocycles. The average Bonchev–Trinajstić information content (AvgIpc) is 2.53. The second-order valence-corrected chi connectivity index (χ2v) is 6.20. The zero-order valence-electron chi connectivity index (χ0n) is 14.6. The minimum Gasteiger partial charge on any atom is -0.465 e. The first-order valence-electron chi connectivity index (χ1n) is 9.19. The van der Waals surface area contributed by atoms with Gasteiger partial charge in [-0.1, -0.05) is 64.0 Å². The lowest BCUT2D eigenvalue weighted by Gasteiger charge is -2.16. The summed E-state index contributed by atoms with van der Waals surface area (Å²) in [6.45, 7) is 5.36. The second kappa shape index (κ2) is 16.4. The lowest BCUT2D eigenvalue weighted by molar-refractivity contribution is -0.145. The first kappa shape index (κ1) is 21.1. The van der Waals surface area contributed by atoms with Crippen molar-refractivity contribution in [2.45, 2.75) is 90.9 Å². The van der Waals surface area contributed by atoms with Crippen molar-refractivity contribution >= 4 is 5.97 Å². The Kier molecular flexibility index (Phi) is 15.7. The Morgan fingerprint density at radius 2 is 1.59 bits per heavy atom. The number of nitrogens with zero attached hydrogens (tertiary/aromatic N) is 1. The van der Waals surface area contributed by atoms with Crippen molar-refractivity contribution in [3.63, 3.8) is 0 Å². The molecule has 0 N–H and O–H groups in total. The zero-order chi connectivity index (χ0) is 16.5. The van der Waals surface area contributed by atoms with E-state index in [4.69, 9.17) is 4.74 Å². The van der Waals surface area contributed by atoms with Crippen LogP contribution in [0.1, 0.15) is 90.9 Å². The Hall–Kier alpha value is -0.930. The molecule has 4 heteroatoms. The lowest BCUT2D eigenvalue weighted by atomic mass is 9.96. The highest BCUT2D eigenvalue weighted by Crippen LogP contribution is 2.18. The van der Waals surface area contributed by atoms with E-state index in [2.05, 4.69) is 19.0 Å². The van der Waals surface area contributed by atoms with E-state index >= 15 is 0 Å². The van der Waals surface area contributed by atoms with Gasteiger partial charge in [-0.2, -0.15) is 4.91 Å². The molecule has 0 amide bonds. The molecule has 4 nitrogen and oxygen atoms in total. The van der Waals surface area contributed by atoms with Crippen LogP contribution in [0.2, 0.25) is 0 Å². The third kappa shape index (κ3) is 14.0. The summed E-state index contributed by atoms with van der Waals surface area (Å²) in [5.41, 5.74) is 0. The van der Waals surface area contributed by atoms with E-state index in [1.54, 1.807) is 0 Å². The topological polar surface area (TPSA) is 55.7 Å². The Labute approximate surface area is 136 Å². The van der Waals surface area contributed by atoms with Crippen LogP contribution < -0.4 is 0 Å². The van der Waals surface area contributed by atoms with Crippen molar-refractivity contribution in [1.82, 2.24) is 0 Å². The zero-order valence-corrected chi connectivity index (χ0v) is 14.6. The van der Waals surface area contributed by atoms with Crippen LogP contribution >= 0.6 is 0 Å². The quantitative estimate of drug-likeness (QED) is 0.211. The smallest absolute Gasteiger partial charge is 0.305 e. The van der Waals surface area contributed by atoms with Gasteiger partial charge in [0.1, 0.15) is 0 Å². The number of carbonyl (C=O) groups excluding carboxylic acids is 1. The van der Waals surface area contributed by atoms with Gasteiger partial charge in [-0.15, -0.1) is 0 Å². The highest BCUT2D eigenvalue weighted by atomic mass is 16.5. The number of unbranched alkanes of at least 4 members (excludes halogenated alkanes) is 6. The fourth-order valence-electron chi connectivity index (χ4n) is 2.57. The van der Waals surface area contributed by atoms with Crippen LogP contribution in [-0.2, 0) is 9.53 Å². The molecule has 0 aromatic heterocycles. The summed E-state index contributed by atoms with van der Waals surface area (Å²) in [7, 11) is 0. The summed E-state index contributed by atoms with van der Waals surface area (Å²) < 4.78 is 5.44. The minimum absolute atomic E-state index is 0.0888. The third-order valence-electron chi connectivity index (χ3n) is 4.04. The van der Waals surface area contributed by atoms with Crippen molar-refractivity contribution in [1.29, 1.82) is 0 Å². The van der Waals surface area contributed by atoms with Crippen molar-refractivity contribution in [3.05, 3.63) is 4.91 Å². The van der Waals surface area contributed by atoms with Gasteiger partial charge in [-0.05, 0) is 31.6 Å². The van der Waals surface area contributed by atoms with Gasteiger partial charge < -0.3 is 4.74 Å². The summed E-state index contributed by atoms with van der Waals surface area (Å²) in [5, 5.41) is 2.82. The summed E-state index contributed by atoms with van der Waals surface area (Å²) in [5.74, 6) is 0.439. The Bertz CT molecular complexity index is 269. The number of esters is 1. The molecule has 0 aliphatic carbocycles. The van der Waals surface area contributed by atoms with Crippen molar-refractivity contribution < 1.29 is 9.53 Å². The molecular formula is C18H35NO3. The molecule has 0 aromatic rings.